The number of fused-ring (bicyclic) bond motifs is 2. The lowest BCUT2D eigenvalue weighted by molar-refractivity contribution is -0.136. The zero-order valence-corrected chi connectivity index (χ0v) is 14.8. The molecule has 3 aromatic heterocycles. The third kappa shape index (κ3) is 3.09. The number of aliphatic carboxylic acids is 1. The topological polar surface area (TPSA) is 84.1 Å². The highest BCUT2D eigenvalue weighted by Gasteiger charge is 2.21. The van der Waals surface area contributed by atoms with Gasteiger partial charge in [0.2, 0.25) is 0 Å². The molecule has 0 fully saturated rings. The van der Waals surface area contributed by atoms with Gasteiger partial charge in [0, 0.05) is 19.5 Å². The first-order chi connectivity index (χ1) is 12.1. The van der Waals surface area contributed by atoms with E-state index in [0.29, 0.717) is 6.42 Å². The lowest BCUT2D eigenvalue weighted by atomic mass is 10.2. The molecule has 0 unspecified atom stereocenters. The van der Waals surface area contributed by atoms with Crippen LogP contribution in [0.2, 0.25) is 0 Å². The average molecular weight is 357 g/mol. The van der Waals surface area contributed by atoms with Crippen LogP contribution in [0.15, 0.2) is 17.8 Å². The summed E-state index contributed by atoms with van der Waals surface area (Å²) in [5, 5.41) is 15.6. The van der Waals surface area contributed by atoms with E-state index in [1.807, 2.05) is 10.7 Å². The van der Waals surface area contributed by atoms with Gasteiger partial charge in [-0.15, -0.1) is 11.3 Å². The largest absolute Gasteiger partial charge is 0.481 e. The van der Waals surface area contributed by atoms with Crippen LogP contribution in [0.1, 0.15) is 29.8 Å². The molecule has 1 aliphatic rings. The van der Waals surface area contributed by atoms with Gasteiger partial charge in [-0.25, -0.2) is 9.97 Å². The van der Waals surface area contributed by atoms with Crippen LogP contribution in [0.5, 0.6) is 0 Å². The summed E-state index contributed by atoms with van der Waals surface area (Å²) in [7, 11) is 0. The molecule has 25 heavy (non-hydrogen) atoms. The van der Waals surface area contributed by atoms with Crippen LogP contribution in [0.4, 0.5) is 5.82 Å². The second kappa shape index (κ2) is 6.44. The normalized spacial score (nSPS) is 14.5. The molecule has 0 aromatic carbocycles. The van der Waals surface area contributed by atoms with E-state index in [0.717, 1.165) is 53.5 Å². The van der Waals surface area contributed by atoms with Crippen molar-refractivity contribution >= 4 is 33.3 Å². The Labute approximate surface area is 148 Å². The van der Waals surface area contributed by atoms with Crippen molar-refractivity contribution in [2.45, 2.75) is 39.3 Å². The lowest BCUT2D eigenvalue weighted by Crippen LogP contribution is -2.23. The number of aromatic nitrogens is 4. The summed E-state index contributed by atoms with van der Waals surface area (Å²) in [6.07, 6.45) is 3.19. The molecule has 0 amide bonds. The Bertz CT molecular complexity index is 932. The van der Waals surface area contributed by atoms with Crippen LogP contribution in [0.3, 0.4) is 0 Å². The molecule has 0 bridgehead atoms. The minimum Gasteiger partial charge on any atom is -0.481 e. The monoisotopic (exact) mass is 357 g/mol. The van der Waals surface area contributed by atoms with Crippen LogP contribution < -0.4 is 4.90 Å². The quantitative estimate of drug-likeness (QED) is 0.773. The summed E-state index contributed by atoms with van der Waals surface area (Å²) in [5.41, 5.74) is 4.16. The van der Waals surface area contributed by atoms with E-state index in [4.69, 9.17) is 5.11 Å². The molecule has 0 radical (unpaired) electrons. The second-order valence-electron chi connectivity index (χ2n) is 6.31. The summed E-state index contributed by atoms with van der Waals surface area (Å²) < 4.78 is 3.13. The number of carboxylic acid groups (broad SMARTS) is 1. The van der Waals surface area contributed by atoms with Gasteiger partial charge in [-0.2, -0.15) is 5.10 Å². The lowest BCUT2D eigenvalue weighted by Gasteiger charge is -2.21. The van der Waals surface area contributed by atoms with E-state index in [1.165, 1.54) is 5.56 Å². The van der Waals surface area contributed by atoms with Gasteiger partial charge in [0.15, 0.2) is 0 Å². The van der Waals surface area contributed by atoms with Crippen LogP contribution in [0, 0.1) is 6.92 Å². The molecule has 130 valence electrons. The molecule has 7 nitrogen and oxygen atoms in total. The summed E-state index contributed by atoms with van der Waals surface area (Å²) in [6.45, 7) is 4.55. The van der Waals surface area contributed by atoms with Crippen LogP contribution in [-0.4, -0.2) is 37.4 Å². The fourth-order valence-corrected chi connectivity index (χ4v) is 4.26. The number of rotatable bonds is 4. The minimum absolute atomic E-state index is 0.112. The number of aryl methyl sites for hydroxylation is 3. The van der Waals surface area contributed by atoms with E-state index < -0.39 is 5.97 Å². The number of thiophene rings is 1. The molecule has 4 heterocycles. The highest BCUT2D eigenvalue weighted by Crippen LogP contribution is 2.32. The van der Waals surface area contributed by atoms with Gasteiger partial charge in [-0.3, -0.25) is 9.48 Å². The Morgan fingerprint density at radius 3 is 3.08 bits per heavy atom. The molecular formula is C17H19N5O2S. The zero-order valence-electron chi connectivity index (χ0n) is 14.0. The van der Waals surface area contributed by atoms with Crippen molar-refractivity contribution in [3.05, 3.63) is 34.7 Å². The number of hydrogen-bond donors (Lipinski definition) is 1. The molecule has 4 rings (SSSR count). The fraction of sp³-hybridized carbons (Fsp3) is 0.412. The van der Waals surface area contributed by atoms with Gasteiger partial charge in [-0.1, -0.05) is 0 Å². The third-order valence-corrected chi connectivity index (χ3v) is 5.55. The van der Waals surface area contributed by atoms with Crippen LogP contribution in [-0.2, 0) is 24.3 Å². The second-order valence-corrected chi connectivity index (χ2v) is 7.19. The Kier molecular flexibility index (Phi) is 4.12. The van der Waals surface area contributed by atoms with Gasteiger partial charge >= 0.3 is 5.97 Å². The summed E-state index contributed by atoms with van der Waals surface area (Å²) >= 11 is 1.68. The number of hydrogen-bond acceptors (Lipinski definition) is 6. The summed E-state index contributed by atoms with van der Waals surface area (Å²) in [4.78, 5) is 22.0. The summed E-state index contributed by atoms with van der Waals surface area (Å²) in [6, 6.07) is 2.03. The SMILES string of the molecule is Cc1csc2c(N3CCCn4nc(CCC(=O)O)cc4C3)ncnc12. The highest BCUT2D eigenvalue weighted by molar-refractivity contribution is 7.18. The van der Waals surface area contributed by atoms with E-state index in [9.17, 15) is 4.79 Å². The minimum atomic E-state index is -0.790. The summed E-state index contributed by atoms with van der Waals surface area (Å²) in [5.74, 6) is 0.186. The average Bonchev–Trinajstić information content (AvgIpc) is 3.10. The Hall–Kier alpha value is -2.48. The maximum absolute atomic E-state index is 10.8. The molecule has 1 aliphatic heterocycles. The van der Waals surface area contributed by atoms with E-state index >= 15 is 0 Å². The Morgan fingerprint density at radius 1 is 1.36 bits per heavy atom. The first-order valence-electron chi connectivity index (χ1n) is 8.33. The molecule has 0 saturated heterocycles. The van der Waals surface area contributed by atoms with Crippen molar-refractivity contribution in [3.8, 4) is 0 Å². The molecule has 8 heteroatoms. The van der Waals surface area contributed by atoms with E-state index in [-0.39, 0.29) is 6.42 Å². The first-order valence-corrected chi connectivity index (χ1v) is 9.21. The Morgan fingerprint density at radius 2 is 2.24 bits per heavy atom. The third-order valence-electron chi connectivity index (χ3n) is 4.47. The standard InChI is InChI=1S/C17H19N5O2S/c1-11-9-25-16-15(11)18-10-19-17(16)21-5-2-6-22-13(8-21)7-12(20-22)3-4-14(23)24/h7,9-10H,2-6,8H2,1H3,(H,23,24). The number of carbonyl (C=O) groups is 1. The van der Waals surface area contributed by atoms with Crippen molar-refractivity contribution in [1.82, 2.24) is 19.7 Å². The van der Waals surface area contributed by atoms with Gasteiger partial charge < -0.3 is 10.0 Å². The highest BCUT2D eigenvalue weighted by atomic mass is 32.1. The van der Waals surface area contributed by atoms with Gasteiger partial charge in [0.1, 0.15) is 12.1 Å². The molecule has 0 atom stereocenters. The number of anilines is 1. The van der Waals surface area contributed by atoms with Gasteiger partial charge in [0.25, 0.3) is 0 Å². The molecule has 0 saturated carbocycles. The predicted octanol–water partition coefficient (Wildman–Crippen LogP) is 2.62. The number of carboxylic acids is 1. The van der Waals surface area contributed by atoms with Crippen molar-refractivity contribution in [3.63, 3.8) is 0 Å². The van der Waals surface area contributed by atoms with Crippen LogP contribution >= 0.6 is 11.3 Å². The van der Waals surface area contributed by atoms with Gasteiger partial charge in [-0.05, 0) is 30.4 Å². The van der Waals surface area contributed by atoms with Crippen molar-refractivity contribution < 1.29 is 9.90 Å². The van der Waals surface area contributed by atoms with Crippen molar-refractivity contribution in [2.75, 3.05) is 11.4 Å². The molecule has 0 aliphatic carbocycles. The van der Waals surface area contributed by atoms with Gasteiger partial charge in [0.05, 0.1) is 34.6 Å². The molecule has 0 spiro atoms. The molecule has 3 aromatic rings. The fourth-order valence-electron chi connectivity index (χ4n) is 3.24. The Balaban J connectivity index is 1.63. The zero-order chi connectivity index (χ0) is 17.4. The number of nitrogens with zero attached hydrogens (tertiary/aromatic N) is 5. The van der Waals surface area contributed by atoms with Crippen molar-refractivity contribution in [1.29, 1.82) is 0 Å². The van der Waals surface area contributed by atoms with E-state index in [1.54, 1.807) is 17.7 Å². The maximum atomic E-state index is 10.8. The smallest absolute Gasteiger partial charge is 0.303 e. The molecular weight excluding hydrogens is 338 g/mol. The van der Waals surface area contributed by atoms with Crippen LogP contribution in [0.25, 0.3) is 10.2 Å². The maximum Gasteiger partial charge on any atom is 0.303 e. The van der Waals surface area contributed by atoms with Crippen molar-refractivity contribution in [2.24, 2.45) is 0 Å². The van der Waals surface area contributed by atoms with E-state index in [2.05, 4.69) is 32.3 Å². The molecule has 1 N–H and O–H groups in total. The predicted molar refractivity (Wildman–Crippen MR) is 96.0 cm³/mol. The first kappa shape index (κ1) is 16.0.